The number of hydrogen-bond donors (Lipinski definition) is 1. The first-order valence-corrected chi connectivity index (χ1v) is 7.22. The number of Topliss-reactive ketones (excluding diaryl/α,β-unsaturated/α-hetero) is 1. The fourth-order valence-corrected chi connectivity index (χ4v) is 2.38. The summed E-state index contributed by atoms with van der Waals surface area (Å²) in [6.45, 7) is 5.13. The fourth-order valence-electron chi connectivity index (χ4n) is 2.38. The molecule has 19 heavy (non-hydrogen) atoms. The molecule has 0 aliphatic heterocycles. The van der Waals surface area contributed by atoms with Crippen LogP contribution in [0.1, 0.15) is 45.1 Å². The molecule has 1 rings (SSSR count). The van der Waals surface area contributed by atoms with E-state index in [0.29, 0.717) is 37.0 Å². The van der Waals surface area contributed by atoms with E-state index in [2.05, 4.69) is 18.9 Å². The lowest BCUT2D eigenvalue weighted by atomic mass is 9.87. The van der Waals surface area contributed by atoms with Crippen molar-refractivity contribution in [2.45, 2.75) is 46.0 Å². The van der Waals surface area contributed by atoms with E-state index >= 15 is 0 Å². The van der Waals surface area contributed by atoms with E-state index in [-0.39, 0.29) is 0 Å². The molecular formula is C15H27N3O. The van der Waals surface area contributed by atoms with E-state index in [1.165, 1.54) is 0 Å². The summed E-state index contributed by atoms with van der Waals surface area (Å²) in [4.78, 5) is 11.9. The Hall–Kier alpha value is -1.16. The lowest BCUT2D eigenvalue weighted by Crippen LogP contribution is -2.16. The predicted molar refractivity (Wildman–Crippen MR) is 77.8 cm³/mol. The number of aryl methyl sites for hydroxylation is 2. The quantitative estimate of drug-likeness (QED) is 0.745. The molecule has 2 N–H and O–H groups in total. The van der Waals surface area contributed by atoms with E-state index < -0.39 is 0 Å². The average molecular weight is 265 g/mol. The van der Waals surface area contributed by atoms with Crippen molar-refractivity contribution in [3.05, 3.63) is 18.0 Å². The van der Waals surface area contributed by atoms with Crippen molar-refractivity contribution in [2.24, 2.45) is 24.6 Å². The molecule has 1 atom stereocenters. The second-order valence-corrected chi connectivity index (χ2v) is 5.68. The Balaban J connectivity index is 2.27. The highest BCUT2D eigenvalue weighted by atomic mass is 16.1. The van der Waals surface area contributed by atoms with E-state index in [1.54, 1.807) is 4.68 Å². The number of ketones is 1. The molecule has 0 aromatic carbocycles. The number of carbonyl (C=O) groups excluding carboxylic acids is 1. The van der Waals surface area contributed by atoms with Crippen LogP contribution in [0.3, 0.4) is 0 Å². The molecule has 0 fully saturated rings. The molecule has 0 saturated heterocycles. The third kappa shape index (κ3) is 6.01. The molecule has 0 aliphatic carbocycles. The van der Waals surface area contributed by atoms with Crippen LogP contribution in [0.2, 0.25) is 0 Å². The van der Waals surface area contributed by atoms with Crippen LogP contribution < -0.4 is 5.73 Å². The van der Waals surface area contributed by atoms with Gasteiger partial charge in [-0.25, -0.2) is 0 Å². The summed E-state index contributed by atoms with van der Waals surface area (Å²) in [6.07, 6.45) is 7.91. The van der Waals surface area contributed by atoms with Gasteiger partial charge < -0.3 is 5.73 Å². The van der Waals surface area contributed by atoms with Crippen LogP contribution in [0, 0.1) is 11.8 Å². The van der Waals surface area contributed by atoms with Crippen LogP contribution in [0.25, 0.3) is 0 Å². The van der Waals surface area contributed by atoms with Crippen LogP contribution in [0.4, 0.5) is 0 Å². The van der Waals surface area contributed by atoms with Gasteiger partial charge in [0, 0.05) is 26.1 Å². The van der Waals surface area contributed by atoms with Crippen molar-refractivity contribution in [3.63, 3.8) is 0 Å². The highest BCUT2D eigenvalue weighted by Crippen LogP contribution is 2.21. The standard InChI is InChI=1S/C15H27N3O/c1-12(2)14(8-9-16)5-7-15(19)6-4-13-10-17-18(3)11-13/h10-12,14H,4-9,16H2,1-3H3. The van der Waals surface area contributed by atoms with Crippen molar-refractivity contribution in [3.8, 4) is 0 Å². The first kappa shape index (κ1) is 15.9. The van der Waals surface area contributed by atoms with E-state index in [1.807, 2.05) is 19.4 Å². The highest BCUT2D eigenvalue weighted by Gasteiger charge is 2.14. The summed E-state index contributed by atoms with van der Waals surface area (Å²) in [5, 5.41) is 4.11. The predicted octanol–water partition coefficient (Wildman–Crippen LogP) is 2.32. The smallest absolute Gasteiger partial charge is 0.133 e. The van der Waals surface area contributed by atoms with E-state index in [4.69, 9.17) is 5.73 Å². The number of carbonyl (C=O) groups is 1. The van der Waals surface area contributed by atoms with Gasteiger partial charge in [0.25, 0.3) is 0 Å². The van der Waals surface area contributed by atoms with Crippen molar-refractivity contribution in [2.75, 3.05) is 6.54 Å². The molecule has 108 valence electrons. The Labute approximate surface area is 116 Å². The second-order valence-electron chi connectivity index (χ2n) is 5.68. The van der Waals surface area contributed by atoms with Gasteiger partial charge in [0.1, 0.15) is 5.78 Å². The summed E-state index contributed by atoms with van der Waals surface area (Å²) in [5.41, 5.74) is 6.75. The van der Waals surface area contributed by atoms with Crippen molar-refractivity contribution >= 4 is 5.78 Å². The van der Waals surface area contributed by atoms with Crippen molar-refractivity contribution < 1.29 is 4.79 Å². The maximum atomic E-state index is 11.9. The minimum Gasteiger partial charge on any atom is -0.330 e. The lowest BCUT2D eigenvalue weighted by Gasteiger charge is -2.19. The van der Waals surface area contributed by atoms with Gasteiger partial charge in [-0.05, 0) is 43.2 Å². The molecule has 1 unspecified atom stereocenters. The number of aromatic nitrogens is 2. The van der Waals surface area contributed by atoms with Gasteiger partial charge in [-0.15, -0.1) is 0 Å². The summed E-state index contributed by atoms with van der Waals surface area (Å²) in [7, 11) is 1.89. The monoisotopic (exact) mass is 265 g/mol. The minimum atomic E-state index is 0.353. The molecular weight excluding hydrogens is 238 g/mol. The Morgan fingerprint density at radius 1 is 1.37 bits per heavy atom. The van der Waals surface area contributed by atoms with Crippen LogP contribution >= 0.6 is 0 Å². The van der Waals surface area contributed by atoms with Crippen LogP contribution in [-0.4, -0.2) is 22.1 Å². The molecule has 0 spiro atoms. The second kappa shape index (κ2) is 8.10. The van der Waals surface area contributed by atoms with Crippen LogP contribution in [0.15, 0.2) is 12.4 Å². The normalized spacial score (nSPS) is 12.9. The SMILES string of the molecule is CC(C)C(CCN)CCC(=O)CCc1cnn(C)c1. The first-order valence-electron chi connectivity index (χ1n) is 7.22. The summed E-state index contributed by atoms with van der Waals surface area (Å²) < 4.78 is 1.77. The largest absolute Gasteiger partial charge is 0.330 e. The molecule has 4 heteroatoms. The maximum Gasteiger partial charge on any atom is 0.133 e. The summed E-state index contributed by atoms with van der Waals surface area (Å²) in [6, 6.07) is 0. The number of hydrogen-bond acceptors (Lipinski definition) is 3. The zero-order valence-corrected chi connectivity index (χ0v) is 12.4. The van der Waals surface area contributed by atoms with E-state index in [0.717, 1.165) is 24.8 Å². The molecule has 1 aromatic heterocycles. The minimum absolute atomic E-state index is 0.353. The zero-order chi connectivity index (χ0) is 14.3. The molecule has 0 radical (unpaired) electrons. The molecule has 0 bridgehead atoms. The number of rotatable bonds is 9. The number of nitrogens with two attached hydrogens (primary N) is 1. The maximum absolute atomic E-state index is 11.9. The third-order valence-corrected chi connectivity index (χ3v) is 3.73. The molecule has 1 aromatic rings. The molecule has 1 heterocycles. The molecule has 0 aliphatic rings. The van der Waals surface area contributed by atoms with Gasteiger partial charge in [-0.1, -0.05) is 13.8 Å². The van der Waals surface area contributed by atoms with Gasteiger partial charge >= 0.3 is 0 Å². The molecule has 0 saturated carbocycles. The Morgan fingerprint density at radius 2 is 2.11 bits per heavy atom. The highest BCUT2D eigenvalue weighted by molar-refractivity contribution is 5.78. The van der Waals surface area contributed by atoms with Crippen LogP contribution in [0.5, 0.6) is 0 Å². The Kier molecular flexibility index (Phi) is 6.78. The zero-order valence-electron chi connectivity index (χ0n) is 12.4. The first-order chi connectivity index (χ1) is 9.02. The Morgan fingerprint density at radius 3 is 2.63 bits per heavy atom. The molecule has 4 nitrogen and oxygen atoms in total. The van der Waals surface area contributed by atoms with Gasteiger partial charge in [-0.3, -0.25) is 9.48 Å². The Bertz CT molecular complexity index is 384. The third-order valence-electron chi connectivity index (χ3n) is 3.73. The average Bonchev–Trinajstić information content (AvgIpc) is 2.77. The van der Waals surface area contributed by atoms with Gasteiger partial charge in [0.15, 0.2) is 0 Å². The summed E-state index contributed by atoms with van der Waals surface area (Å²) >= 11 is 0. The summed E-state index contributed by atoms with van der Waals surface area (Å²) in [5.74, 6) is 1.54. The van der Waals surface area contributed by atoms with Gasteiger partial charge in [0.05, 0.1) is 6.20 Å². The number of nitrogens with zero attached hydrogens (tertiary/aromatic N) is 2. The fraction of sp³-hybridized carbons (Fsp3) is 0.733. The topological polar surface area (TPSA) is 60.9 Å². The van der Waals surface area contributed by atoms with Crippen molar-refractivity contribution in [1.29, 1.82) is 0 Å². The van der Waals surface area contributed by atoms with Crippen LogP contribution in [-0.2, 0) is 18.3 Å². The molecule has 0 amide bonds. The van der Waals surface area contributed by atoms with E-state index in [9.17, 15) is 4.79 Å². The lowest BCUT2D eigenvalue weighted by molar-refractivity contribution is -0.119. The van der Waals surface area contributed by atoms with Gasteiger partial charge in [-0.2, -0.15) is 5.10 Å². The van der Waals surface area contributed by atoms with Gasteiger partial charge in [0.2, 0.25) is 0 Å². The van der Waals surface area contributed by atoms with Crippen molar-refractivity contribution in [1.82, 2.24) is 9.78 Å².